The Bertz CT molecular complexity index is 1490. The van der Waals surface area contributed by atoms with Gasteiger partial charge in [0.2, 0.25) is 5.88 Å². The predicted molar refractivity (Wildman–Crippen MR) is 126 cm³/mol. The third kappa shape index (κ3) is 4.85. The molecule has 1 fully saturated rings. The van der Waals surface area contributed by atoms with E-state index in [1.165, 1.54) is 23.9 Å². The van der Waals surface area contributed by atoms with Crippen LogP contribution in [0.15, 0.2) is 52.4 Å². The van der Waals surface area contributed by atoms with Gasteiger partial charge in [0, 0.05) is 38.6 Å². The van der Waals surface area contributed by atoms with Crippen molar-refractivity contribution in [1.82, 2.24) is 23.9 Å². The van der Waals surface area contributed by atoms with Crippen LogP contribution in [-0.2, 0) is 16.4 Å². The van der Waals surface area contributed by atoms with Crippen LogP contribution in [0.3, 0.4) is 0 Å². The SMILES string of the molecule is Cc1c(O)n(-c2ccc(S(=O)(=O)C(F)(F)F)cc2)c(=O)n1Cc1ccncc1C(=O)N1CCN(C)CC1. The van der Waals surface area contributed by atoms with E-state index in [9.17, 15) is 36.3 Å². The normalized spacial score (nSPS) is 15.2. The maximum absolute atomic E-state index is 13.2. The Hall–Kier alpha value is -3.65. The molecule has 4 rings (SSSR count). The number of halogens is 3. The number of likely N-dealkylation sites (N-methyl/N-ethyl adjacent to an activating group) is 1. The summed E-state index contributed by atoms with van der Waals surface area (Å²) >= 11 is 0. The Morgan fingerprint density at radius 1 is 1.08 bits per heavy atom. The minimum atomic E-state index is -5.56. The number of carbonyl (C=O) groups excluding carboxylic acids is 1. The first-order valence-electron chi connectivity index (χ1n) is 11.2. The molecule has 1 aromatic carbocycles. The number of pyridine rings is 1. The minimum absolute atomic E-state index is 0.0334. The highest BCUT2D eigenvalue weighted by molar-refractivity contribution is 7.92. The molecule has 0 aliphatic carbocycles. The molecule has 10 nitrogen and oxygen atoms in total. The Balaban J connectivity index is 1.67. The van der Waals surface area contributed by atoms with Crippen molar-refractivity contribution in [1.29, 1.82) is 0 Å². The van der Waals surface area contributed by atoms with Crippen LogP contribution < -0.4 is 5.69 Å². The average Bonchev–Trinajstić information content (AvgIpc) is 3.07. The number of hydrogen-bond acceptors (Lipinski definition) is 7. The lowest BCUT2D eigenvalue weighted by Gasteiger charge is -2.32. The van der Waals surface area contributed by atoms with E-state index in [4.69, 9.17) is 0 Å². The second-order valence-corrected chi connectivity index (χ2v) is 10.6. The lowest BCUT2D eigenvalue weighted by molar-refractivity contribution is -0.0436. The van der Waals surface area contributed by atoms with Crippen molar-refractivity contribution < 1.29 is 31.5 Å². The molecule has 1 N–H and O–H groups in total. The molecule has 1 amide bonds. The number of amides is 1. The third-order valence-electron chi connectivity index (χ3n) is 6.33. The lowest BCUT2D eigenvalue weighted by Crippen LogP contribution is -2.47. The number of sulfone groups is 1. The average molecular weight is 540 g/mol. The Morgan fingerprint density at radius 2 is 1.70 bits per heavy atom. The zero-order valence-electron chi connectivity index (χ0n) is 19.9. The highest BCUT2D eigenvalue weighted by atomic mass is 32.2. The molecule has 0 spiro atoms. The Labute approximate surface area is 210 Å². The monoisotopic (exact) mass is 539 g/mol. The Kier molecular flexibility index (Phi) is 6.90. The largest absolute Gasteiger partial charge is 0.501 e. The zero-order valence-corrected chi connectivity index (χ0v) is 20.8. The highest BCUT2D eigenvalue weighted by Gasteiger charge is 2.46. The van der Waals surface area contributed by atoms with Gasteiger partial charge in [-0.05, 0) is 49.9 Å². The van der Waals surface area contributed by atoms with E-state index in [-0.39, 0.29) is 23.8 Å². The van der Waals surface area contributed by atoms with E-state index < -0.39 is 31.8 Å². The maximum atomic E-state index is 13.2. The van der Waals surface area contributed by atoms with Crippen LogP contribution in [0.2, 0.25) is 0 Å². The molecule has 37 heavy (non-hydrogen) atoms. The third-order valence-corrected chi connectivity index (χ3v) is 7.84. The number of benzene rings is 1. The molecule has 0 bridgehead atoms. The summed E-state index contributed by atoms with van der Waals surface area (Å²) in [4.78, 5) is 33.3. The molecule has 1 aliphatic rings. The van der Waals surface area contributed by atoms with Gasteiger partial charge < -0.3 is 14.9 Å². The van der Waals surface area contributed by atoms with Crippen LogP contribution in [0.5, 0.6) is 5.88 Å². The molecule has 3 heterocycles. The van der Waals surface area contributed by atoms with E-state index in [2.05, 4.69) is 9.88 Å². The molecule has 1 saturated heterocycles. The quantitative estimate of drug-likeness (QED) is 0.525. The van der Waals surface area contributed by atoms with Crippen molar-refractivity contribution in [3.05, 3.63) is 70.0 Å². The number of aromatic nitrogens is 3. The molecule has 14 heteroatoms. The summed E-state index contributed by atoms with van der Waals surface area (Å²) in [6.07, 6.45) is 2.90. The first-order valence-corrected chi connectivity index (χ1v) is 12.6. The van der Waals surface area contributed by atoms with E-state index in [0.29, 0.717) is 36.3 Å². The van der Waals surface area contributed by atoms with Crippen LogP contribution in [0.25, 0.3) is 5.69 Å². The summed E-state index contributed by atoms with van der Waals surface area (Å²) < 4.78 is 63.8. The first-order chi connectivity index (χ1) is 17.3. The van der Waals surface area contributed by atoms with Gasteiger partial charge in [-0.15, -0.1) is 0 Å². The van der Waals surface area contributed by atoms with Crippen LogP contribution in [0, 0.1) is 6.92 Å². The van der Waals surface area contributed by atoms with Crippen molar-refractivity contribution in [3.8, 4) is 11.6 Å². The lowest BCUT2D eigenvalue weighted by atomic mass is 10.1. The number of hydrogen-bond donors (Lipinski definition) is 1. The molecule has 0 radical (unpaired) electrons. The summed E-state index contributed by atoms with van der Waals surface area (Å²) in [5.74, 6) is -0.704. The fourth-order valence-corrected chi connectivity index (χ4v) is 4.83. The molecule has 0 atom stereocenters. The molecule has 198 valence electrons. The number of nitrogens with zero attached hydrogens (tertiary/aromatic N) is 5. The highest BCUT2D eigenvalue weighted by Crippen LogP contribution is 2.31. The minimum Gasteiger partial charge on any atom is -0.493 e. The van der Waals surface area contributed by atoms with Crippen molar-refractivity contribution in [2.24, 2.45) is 0 Å². The number of piperazine rings is 1. The second-order valence-electron chi connectivity index (χ2n) is 8.68. The molecule has 1 aliphatic heterocycles. The fourth-order valence-electron chi connectivity index (χ4n) is 4.07. The van der Waals surface area contributed by atoms with Gasteiger partial charge in [0.05, 0.1) is 28.4 Å². The number of carbonyl (C=O) groups is 1. The van der Waals surface area contributed by atoms with Gasteiger partial charge in [-0.2, -0.15) is 13.2 Å². The topological polar surface area (TPSA) is 118 Å². The van der Waals surface area contributed by atoms with Gasteiger partial charge in [0.15, 0.2) is 0 Å². The molecule has 0 saturated carbocycles. The fraction of sp³-hybridized carbons (Fsp3) is 0.348. The van der Waals surface area contributed by atoms with Crippen LogP contribution in [-0.4, -0.2) is 82.1 Å². The standard InChI is InChI=1S/C23H24F3N5O5S/c1-15-20(32)31(17-3-5-18(6-4-17)37(35,36)23(24,25)26)22(34)30(15)14-16-7-8-27-13-19(16)21(33)29-11-9-28(2)10-12-29/h3-8,13,32H,9-12,14H2,1-2H3. The van der Waals surface area contributed by atoms with E-state index in [1.54, 1.807) is 11.0 Å². The van der Waals surface area contributed by atoms with Crippen LogP contribution >= 0.6 is 0 Å². The summed E-state index contributed by atoms with van der Waals surface area (Å²) in [7, 11) is -3.60. The number of rotatable bonds is 5. The van der Waals surface area contributed by atoms with Crippen molar-refractivity contribution in [3.63, 3.8) is 0 Å². The van der Waals surface area contributed by atoms with Gasteiger partial charge >= 0.3 is 11.2 Å². The van der Waals surface area contributed by atoms with Gasteiger partial charge in [0.1, 0.15) is 0 Å². The van der Waals surface area contributed by atoms with Crippen LogP contribution in [0.4, 0.5) is 13.2 Å². The van der Waals surface area contributed by atoms with Gasteiger partial charge in [-0.1, -0.05) is 0 Å². The molecular formula is C23H24F3N5O5S. The second kappa shape index (κ2) is 9.67. The zero-order chi connectivity index (χ0) is 27.1. The summed E-state index contributed by atoms with van der Waals surface area (Å²) in [5.41, 5.74) is -5.28. The summed E-state index contributed by atoms with van der Waals surface area (Å²) in [6.45, 7) is 3.92. The van der Waals surface area contributed by atoms with Gasteiger partial charge in [-0.25, -0.2) is 17.8 Å². The van der Waals surface area contributed by atoms with Gasteiger partial charge in [-0.3, -0.25) is 14.3 Å². The van der Waals surface area contributed by atoms with E-state index in [1.807, 2.05) is 7.05 Å². The molecule has 3 aromatic rings. The predicted octanol–water partition coefficient (Wildman–Crippen LogP) is 1.78. The molecule has 2 aromatic heterocycles. The van der Waals surface area contributed by atoms with Crippen molar-refractivity contribution in [2.75, 3.05) is 33.2 Å². The van der Waals surface area contributed by atoms with Crippen LogP contribution in [0.1, 0.15) is 21.6 Å². The smallest absolute Gasteiger partial charge is 0.493 e. The number of imidazole rings is 1. The number of alkyl halides is 3. The summed E-state index contributed by atoms with van der Waals surface area (Å²) in [5, 5.41) is 10.6. The van der Waals surface area contributed by atoms with E-state index >= 15 is 0 Å². The number of aromatic hydroxyl groups is 1. The van der Waals surface area contributed by atoms with Gasteiger partial charge in [0.25, 0.3) is 15.7 Å². The van der Waals surface area contributed by atoms with Crippen molar-refractivity contribution >= 4 is 15.7 Å². The van der Waals surface area contributed by atoms with E-state index in [0.717, 1.165) is 29.8 Å². The maximum Gasteiger partial charge on any atom is 0.501 e. The molecule has 0 unspecified atom stereocenters. The van der Waals surface area contributed by atoms with Crippen molar-refractivity contribution in [2.45, 2.75) is 23.9 Å². The first kappa shape index (κ1) is 26.4. The molecular weight excluding hydrogens is 515 g/mol. The Morgan fingerprint density at radius 3 is 2.30 bits per heavy atom. The summed E-state index contributed by atoms with van der Waals surface area (Å²) in [6, 6.07) is 5.02.